The fraction of sp³-hybridized carbons (Fsp3) is 1.00. The smallest absolute Gasteiger partial charge is 0.352 e. The van der Waals surface area contributed by atoms with E-state index in [2.05, 4.69) is 44.4 Å². The predicted octanol–water partition coefficient (Wildman–Crippen LogP) is 0.916. The minimum Gasteiger partial charge on any atom is -0.392 e. The SMILES string of the molecule is CCC(N(C)C)[Si]1(C)OCCN(C)CCO1. The van der Waals surface area contributed by atoms with Crippen LogP contribution in [0.2, 0.25) is 6.55 Å². The monoisotopic (exact) mass is 246 g/mol. The zero-order valence-corrected chi connectivity index (χ0v) is 12.3. The first kappa shape index (κ1) is 14.1. The lowest BCUT2D eigenvalue weighted by molar-refractivity contribution is 0.0891. The Labute approximate surface area is 101 Å². The van der Waals surface area contributed by atoms with E-state index in [1.165, 1.54) is 0 Å². The van der Waals surface area contributed by atoms with Gasteiger partial charge in [-0.15, -0.1) is 0 Å². The maximum Gasteiger partial charge on any atom is 0.352 e. The molecule has 0 aromatic rings. The Hall–Kier alpha value is 0.0569. The second kappa shape index (κ2) is 6.12. The Morgan fingerprint density at radius 3 is 2.12 bits per heavy atom. The molecule has 5 heteroatoms. The maximum atomic E-state index is 6.09. The van der Waals surface area contributed by atoms with E-state index in [1.807, 2.05) is 0 Å². The molecule has 4 nitrogen and oxygen atoms in total. The van der Waals surface area contributed by atoms with Crippen LogP contribution in [0, 0.1) is 0 Å². The Morgan fingerprint density at radius 2 is 1.75 bits per heavy atom. The summed E-state index contributed by atoms with van der Waals surface area (Å²) in [6.07, 6.45) is 1.09. The highest BCUT2D eigenvalue weighted by Crippen LogP contribution is 2.20. The van der Waals surface area contributed by atoms with E-state index < -0.39 is 8.56 Å². The lowest BCUT2D eigenvalue weighted by Gasteiger charge is -2.39. The number of nitrogens with zero attached hydrogens (tertiary/aromatic N) is 2. The molecule has 1 fully saturated rings. The predicted molar refractivity (Wildman–Crippen MR) is 68.8 cm³/mol. The van der Waals surface area contributed by atoms with E-state index in [1.54, 1.807) is 0 Å². The molecule has 1 saturated heterocycles. The highest BCUT2D eigenvalue weighted by Gasteiger charge is 2.42. The van der Waals surface area contributed by atoms with Gasteiger partial charge in [-0.05, 0) is 34.1 Å². The van der Waals surface area contributed by atoms with Crippen LogP contribution < -0.4 is 0 Å². The van der Waals surface area contributed by atoms with Crippen LogP contribution in [0.3, 0.4) is 0 Å². The van der Waals surface area contributed by atoms with E-state index in [0.29, 0.717) is 5.67 Å². The van der Waals surface area contributed by atoms with Gasteiger partial charge in [-0.3, -0.25) is 0 Å². The van der Waals surface area contributed by atoms with Crippen molar-refractivity contribution in [2.24, 2.45) is 0 Å². The minimum absolute atomic E-state index is 0.441. The van der Waals surface area contributed by atoms with Crippen molar-refractivity contribution >= 4 is 8.56 Å². The molecule has 0 aliphatic carbocycles. The van der Waals surface area contributed by atoms with Crippen LogP contribution in [0.15, 0.2) is 0 Å². The second-order valence-corrected chi connectivity index (χ2v) is 8.18. The third kappa shape index (κ3) is 3.53. The molecular weight excluding hydrogens is 220 g/mol. The third-order valence-electron chi connectivity index (χ3n) is 3.34. The van der Waals surface area contributed by atoms with Gasteiger partial charge in [0.1, 0.15) is 0 Å². The van der Waals surface area contributed by atoms with Gasteiger partial charge in [-0.1, -0.05) is 6.92 Å². The van der Waals surface area contributed by atoms with Gasteiger partial charge in [0, 0.05) is 26.3 Å². The van der Waals surface area contributed by atoms with E-state index in [9.17, 15) is 0 Å². The van der Waals surface area contributed by atoms with Gasteiger partial charge in [0.15, 0.2) is 0 Å². The average Bonchev–Trinajstić information content (AvgIpc) is 2.15. The molecule has 0 spiro atoms. The van der Waals surface area contributed by atoms with Crippen LogP contribution in [-0.2, 0) is 8.85 Å². The first-order valence-corrected chi connectivity index (χ1v) is 8.52. The van der Waals surface area contributed by atoms with E-state index in [-0.39, 0.29) is 0 Å². The third-order valence-corrected chi connectivity index (χ3v) is 7.03. The summed E-state index contributed by atoms with van der Waals surface area (Å²) in [4.78, 5) is 4.50. The lowest BCUT2D eigenvalue weighted by atomic mass is 10.4. The molecule has 1 rings (SSSR count). The molecule has 0 bridgehead atoms. The molecule has 1 atom stereocenters. The van der Waals surface area contributed by atoms with Gasteiger partial charge in [-0.25, -0.2) is 0 Å². The quantitative estimate of drug-likeness (QED) is 0.691. The first-order chi connectivity index (χ1) is 7.49. The molecule has 1 unspecified atom stereocenters. The molecule has 0 N–H and O–H groups in total. The fourth-order valence-electron chi connectivity index (χ4n) is 2.36. The van der Waals surface area contributed by atoms with Gasteiger partial charge in [-0.2, -0.15) is 0 Å². The molecule has 96 valence electrons. The number of likely N-dealkylation sites (N-methyl/N-ethyl adjacent to an activating group) is 1. The number of rotatable bonds is 3. The van der Waals surface area contributed by atoms with Crippen LogP contribution in [0.1, 0.15) is 13.3 Å². The van der Waals surface area contributed by atoms with Crippen LogP contribution >= 0.6 is 0 Å². The fourth-order valence-corrected chi connectivity index (χ4v) is 5.50. The molecule has 0 aromatic carbocycles. The summed E-state index contributed by atoms with van der Waals surface area (Å²) in [5.41, 5.74) is 0.441. The van der Waals surface area contributed by atoms with Gasteiger partial charge >= 0.3 is 8.56 Å². The molecule has 1 aliphatic rings. The Morgan fingerprint density at radius 1 is 1.25 bits per heavy atom. The second-order valence-electron chi connectivity index (χ2n) is 4.90. The lowest BCUT2D eigenvalue weighted by Crippen LogP contribution is -2.58. The van der Waals surface area contributed by atoms with Crippen molar-refractivity contribution in [2.75, 3.05) is 47.4 Å². The molecule has 16 heavy (non-hydrogen) atoms. The highest BCUT2D eigenvalue weighted by molar-refractivity contribution is 6.67. The summed E-state index contributed by atoms with van der Waals surface area (Å²) in [6, 6.07) is 0. The molecule has 0 saturated carbocycles. The summed E-state index contributed by atoms with van der Waals surface area (Å²) in [7, 11) is 4.30. The molecular formula is C11H26N2O2Si. The van der Waals surface area contributed by atoms with Gasteiger partial charge < -0.3 is 18.7 Å². The summed E-state index contributed by atoms with van der Waals surface area (Å²) >= 11 is 0. The van der Waals surface area contributed by atoms with Gasteiger partial charge in [0.25, 0.3) is 0 Å². The Kier molecular flexibility index (Phi) is 5.40. The van der Waals surface area contributed by atoms with Crippen LogP contribution in [-0.4, -0.2) is 71.5 Å². The largest absolute Gasteiger partial charge is 0.392 e. The summed E-state index contributed by atoms with van der Waals surface area (Å²) in [5.74, 6) is 0. The van der Waals surface area contributed by atoms with Crippen LogP contribution in [0.25, 0.3) is 0 Å². The van der Waals surface area contributed by atoms with E-state index in [0.717, 1.165) is 32.7 Å². The van der Waals surface area contributed by atoms with Crippen molar-refractivity contribution in [3.8, 4) is 0 Å². The van der Waals surface area contributed by atoms with Crippen molar-refractivity contribution in [1.29, 1.82) is 0 Å². The molecule has 1 aliphatic heterocycles. The topological polar surface area (TPSA) is 24.9 Å². The zero-order valence-electron chi connectivity index (χ0n) is 11.3. The Balaban J connectivity index is 2.66. The minimum atomic E-state index is -2.04. The van der Waals surface area contributed by atoms with Crippen molar-refractivity contribution in [1.82, 2.24) is 9.80 Å². The van der Waals surface area contributed by atoms with Gasteiger partial charge in [0.05, 0.1) is 5.67 Å². The molecule has 0 aromatic heterocycles. The first-order valence-electron chi connectivity index (χ1n) is 6.12. The number of hydrogen-bond donors (Lipinski definition) is 0. The zero-order chi connectivity index (χ0) is 12.2. The maximum absolute atomic E-state index is 6.09. The normalized spacial score (nSPS) is 25.1. The van der Waals surface area contributed by atoms with E-state index in [4.69, 9.17) is 8.85 Å². The molecule has 0 amide bonds. The van der Waals surface area contributed by atoms with Gasteiger partial charge in [0.2, 0.25) is 0 Å². The summed E-state index contributed by atoms with van der Waals surface area (Å²) in [5, 5.41) is 0. The van der Waals surface area contributed by atoms with Crippen molar-refractivity contribution < 1.29 is 8.85 Å². The summed E-state index contributed by atoms with van der Waals surface area (Å²) in [6.45, 7) is 8.02. The standard InChI is InChI=1S/C11H26N2O2Si/c1-6-11(12(2)3)16(5)14-9-7-13(4)8-10-15-16/h11H,6-10H2,1-5H3. The van der Waals surface area contributed by atoms with E-state index >= 15 is 0 Å². The van der Waals surface area contributed by atoms with Crippen molar-refractivity contribution in [3.63, 3.8) is 0 Å². The average molecular weight is 246 g/mol. The summed E-state index contributed by atoms with van der Waals surface area (Å²) < 4.78 is 12.2. The molecule has 0 radical (unpaired) electrons. The molecule has 1 heterocycles. The van der Waals surface area contributed by atoms with Crippen LogP contribution in [0.4, 0.5) is 0 Å². The number of hydrogen-bond acceptors (Lipinski definition) is 4. The van der Waals surface area contributed by atoms with Crippen molar-refractivity contribution in [3.05, 3.63) is 0 Å². The van der Waals surface area contributed by atoms with Crippen molar-refractivity contribution in [2.45, 2.75) is 25.6 Å². The highest BCUT2D eigenvalue weighted by atomic mass is 28.4. The van der Waals surface area contributed by atoms with Crippen LogP contribution in [0.5, 0.6) is 0 Å². The Bertz CT molecular complexity index is 204.